The van der Waals surface area contributed by atoms with Crippen LogP contribution >= 0.6 is 0 Å². The Kier molecular flexibility index (Phi) is 6.31. The van der Waals surface area contributed by atoms with E-state index >= 15 is 0 Å². The van der Waals surface area contributed by atoms with Gasteiger partial charge in [-0.15, -0.1) is 0 Å². The van der Waals surface area contributed by atoms with Crippen LogP contribution in [0.1, 0.15) is 25.7 Å². The maximum Gasteiger partial charge on any atom is 0.233 e. The van der Waals surface area contributed by atoms with Gasteiger partial charge in [0.25, 0.3) is 0 Å². The fraction of sp³-hybridized carbons (Fsp3) is 0.600. The van der Waals surface area contributed by atoms with E-state index in [-0.39, 0.29) is 5.91 Å². The Hall–Kier alpha value is -1.62. The van der Waals surface area contributed by atoms with Crippen LogP contribution in [0, 0.1) is 5.92 Å². The number of rotatable bonds is 10. The molecule has 0 radical (unpaired) electrons. The van der Waals surface area contributed by atoms with Crippen LogP contribution in [0.4, 0.5) is 5.82 Å². The number of aromatic nitrogens is 1. The van der Waals surface area contributed by atoms with Gasteiger partial charge >= 0.3 is 0 Å². The quantitative estimate of drug-likeness (QED) is 0.565. The first-order chi connectivity index (χ1) is 9.84. The summed E-state index contributed by atoms with van der Waals surface area (Å²) < 4.78 is 0. The van der Waals surface area contributed by atoms with Crippen molar-refractivity contribution in [3.63, 3.8) is 0 Å². The molecule has 0 atom stereocenters. The second kappa shape index (κ2) is 8.53. The summed E-state index contributed by atoms with van der Waals surface area (Å²) in [5.74, 6) is 1.82. The molecule has 1 amide bonds. The van der Waals surface area contributed by atoms with Crippen molar-refractivity contribution in [2.75, 3.05) is 31.5 Å². The third-order valence-electron chi connectivity index (χ3n) is 3.31. The molecule has 0 spiro atoms. The van der Waals surface area contributed by atoms with Gasteiger partial charge in [0.1, 0.15) is 5.82 Å². The molecule has 110 valence electrons. The molecule has 3 N–H and O–H groups in total. The molecule has 0 bridgehead atoms. The van der Waals surface area contributed by atoms with E-state index < -0.39 is 0 Å². The zero-order valence-electron chi connectivity index (χ0n) is 11.9. The molecule has 5 heteroatoms. The van der Waals surface area contributed by atoms with E-state index in [1.807, 2.05) is 18.2 Å². The predicted octanol–water partition coefficient (Wildman–Crippen LogP) is 1.39. The summed E-state index contributed by atoms with van der Waals surface area (Å²) in [6.07, 6.45) is 6.41. The molecule has 1 aromatic heterocycles. The van der Waals surface area contributed by atoms with E-state index in [9.17, 15) is 4.79 Å². The van der Waals surface area contributed by atoms with Crippen molar-refractivity contribution in [2.24, 2.45) is 5.92 Å². The fourth-order valence-corrected chi connectivity index (χ4v) is 1.94. The molecule has 1 aliphatic rings. The number of nitrogens with one attached hydrogen (secondary N) is 3. The predicted molar refractivity (Wildman–Crippen MR) is 80.6 cm³/mol. The molecule has 1 aliphatic carbocycles. The largest absolute Gasteiger partial charge is 0.370 e. The van der Waals surface area contributed by atoms with E-state index in [0.717, 1.165) is 44.2 Å². The number of carbonyl (C=O) groups excluding carboxylic acids is 1. The van der Waals surface area contributed by atoms with E-state index in [1.54, 1.807) is 6.20 Å². The highest BCUT2D eigenvalue weighted by Gasteiger charge is 2.20. The normalized spacial score (nSPS) is 14.0. The topological polar surface area (TPSA) is 66.1 Å². The van der Waals surface area contributed by atoms with Crippen LogP contribution in [0.3, 0.4) is 0 Å². The first-order valence-corrected chi connectivity index (χ1v) is 7.47. The Labute approximate surface area is 120 Å². The van der Waals surface area contributed by atoms with Gasteiger partial charge in [-0.05, 0) is 50.3 Å². The molecule has 1 aromatic rings. The summed E-state index contributed by atoms with van der Waals surface area (Å²) in [7, 11) is 0. The molecular weight excluding hydrogens is 252 g/mol. The van der Waals surface area contributed by atoms with Crippen molar-refractivity contribution in [1.29, 1.82) is 0 Å². The van der Waals surface area contributed by atoms with E-state index in [1.165, 1.54) is 12.8 Å². The van der Waals surface area contributed by atoms with Gasteiger partial charge in [0.2, 0.25) is 5.91 Å². The Bertz CT molecular complexity index is 392. The first-order valence-electron chi connectivity index (χ1n) is 7.47. The van der Waals surface area contributed by atoms with Crippen molar-refractivity contribution in [1.82, 2.24) is 15.6 Å². The van der Waals surface area contributed by atoms with Crippen molar-refractivity contribution >= 4 is 11.7 Å². The van der Waals surface area contributed by atoms with Gasteiger partial charge < -0.3 is 16.0 Å². The van der Waals surface area contributed by atoms with Gasteiger partial charge in [-0.2, -0.15) is 0 Å². The monoisotopic (exact) mass is 276 g/mol. The number of hydrogen-bond acceptors (Lipinski definition) is 4. The van der Waals surface area contributed by atoms with Crippen LogP contribution in [0.5, 0.6) is 0 Å². The van der Waals surface area contributed by atoms with E-state index in [4.69, 9.17) is 0 Å². The number of hydrogen-bond donors (Lipinski definition) is 3. The zero-order chi connectivity index (χ0) is 14.0. The van der Waals surface area contributed by atoms with Crippen LogP contribution < -0.4 is 16.0 Å². The Morgan fingerprint density at radius 1 is 1.25 bits per heavy atom. The van der Waals surface area contributed by atoms with Crippen molar-refractivity contribution in [3.05, 3.63) is 24.4 Å². The van der Waals surface area contributed by atoms with Crippen LogP contribution in [0.25, 0.3) is 0 Å². The van der Waals surface area contributed by atoms with E-state index in [2.05, 4.69) is 20.9 Å². The minimum atomic E-state index is 0.100. The van der Waals surface area contributed by atoms with Crippen molar-refractivity contribution < 1.29 is 4.79 Å². The second-order valence-electron chi connectivity index (χ2n) is 5.27. The smallest absolute Gasteiger partial charge is 0.233 e. The standard InChI is InChI=1S/C15H24N4O/c20-15(12-16-11-13-6-7-13)19-10-4-3-9-18-14-5-1-2-8-17-14/h1-2,5,8,13,16H,3-4,6-7,9-12H2,(H,17,18)(H,19,20). The molecule has 1 fully saturated rings. The number of nitrogens with zero attached hydrogens (tertiary/aromatic N) is 1. The Morgan fingerprint density at radius 3 is 2.85 bits per heavy atom. The minimum Gasteiger partial charge on any atom is -0.370 e. The summed E-state index contributed by atoms with van der Waals surface area (Å²) in [6, 6.07) is 5.81. The van der Waals surface area contributed by atoms with Gasteiger partial charge in [0.05, 0.1) is 6.54 Å². The lowest BCUT2D eigenvalue weighted by Crippen LogP contribution is -2.35. The maximum absolute atomic E-state index is 11.5. The lowest BCUT2D eigenvalue weighted by molar-refractivity contribution is -0.120. The maximum atomic E-state index is 11.5. The number of anilines is 1. The fourth-order valence-electron chi connectivity index (χ4n) is 1.94. The summed E-state index contributed by atoms with van der Waals surface area (Å²) in [5, 5.41) is 9.37. The Morgan fingerprint density at radius 2 is 2.10 bits per heavy atom. The lowest BCUT2D eigenvalue weighted by Gasteiger charge is -2.07. The molecule has 0 saturated heterocycles. The molecule has 1 heterocycles. The van der Waals surface area contributed by atoms with Crippen LogP contribution in [-0.2, 0) is 4.79 Å². The summed E-state index contributed by atoms with van der Waals surface area (Å²) in [5.41, 5.74) is 0. The summed E-state index contributed by atoms with van der Waals surface area (Å²) >= 11 is 0. The van der Waals surface area contributed by atoms with Crippen LogP contribution in [0.2, 0.25) is 0 Å². The molecule has 1 saturated carbocycles. The average Bonchev–Trinajstić information content (AvgIpc) is 3.28. The first kappa shape index (κ1) is 14.8. The zero-order valence-corrected chi connectivity index (χ0v) is 11.9. The third-order valence-corrected chi connectivity index (χ3v) is 3.31. The lowest BCUT2D eigenvalue weighted by atomic mass is 10.3. The molecular formula is C15H24N4O. The molecule has 5 nitrogen and oxygen atoms in total. The molecule has 2 rings (SSSR count). The molecule has 0 aliphatic heterocycles. The van der Waals surface area contributed by atoms with Crippen LogP contribution in [-0.4, -0.2) is 37.1 Å². The highest BCUT2D eigenvalue weighted by Crippen LogP contribution is 2.27. The molecule has 20 heavy (non-hydrogen) atoms. The van der Waals surface area contributed by atoms with E-state index in [0.29, 0.717) is 6.54 Å². The second-order valence-corrected chi connectivity index (χ2v) is 5.27. The van der Waals surface area contributed by atoms with Gasteiger partial charge in [-0.1, -0.05) is 6.07 Å². The van der Waals surface area contributed by atoms with Gasteiger partial charge in [0, 0.05) is 19.3 Å². The van der Waals surface area contributed by atoms with Gasteiger partial charge in [0.15, 0.2) is 0 Å². The third kappa shape index (κ3) is 6.52. The van der Waals surface area contributed by atoms with Gasteiger partial charge in [-0.3, -0.25) is 4.79 Å². The SMILES string of the molecule is O=C(CNCC1CC1)NCCCCNc1ccccn1. The number of pyridine rings is 1. The average molecular weight is 276 g/mol. The van der Waals surface area contributed by atoms with Crippen LogP contribution in [0.15, 0.2) is 24.4 Å². The van der Waals surface area contributed by atoms with Crippen molar-refractivity contribution in [2.45, 2.75) is 25.7 Å². The highest BCUT2D eigenvalue weighted by molar-refractivity contribution is 5.77. The van der Waals surface area contributed by atoms with Crippen molar-refractivity contribution in [3.8, 4) is 0 Å². The molecule has 0 unspecified atom stereocenters. The molecule has 0 aromatic carbocycles. The van der Waals surface area contributed by atoms with Gasteiger partial charge in [-0.25, -0.2) is 4.98 Å². The number of carbonyl (C=O) groups is 1. The highest BCUT2D eigenvalue weighted by atomic mass is 16.1. The number of amides is 1. The summed E-state index contributed by atoms with van der Waals surface area (Å²) in [6.45, 7) is 3.06. The minimum absolute atomic E-state index is 0.100. The summed E-state index contributed by atoms with van der Waals surface area (Å²) in [4.78, 5) is 15.7. The Balaban J connectivity index is 1.40. The number of unbranched alkanes of at least 4 members (excludes halogenated alkanes) is 1.